The molecule has 0 bridgehead atoms. The van der Waals surface area contributed by atoms with E-state index in [1.54, 1.807) is 6.07 Å². The van der Waals surface area contributed by atoms with E-state index in [1.165, 1.54) is 0 Å². The molecule has 0 atom stereocenters. The predicted molar refractivity (Wildman–Crippen MR) is 77.5 cm³/mol. The third kappa shape index (κ3) is 4.10. The second-order valence-corrected chi connectivity index (χ2v) is 4.63. The van der Waals surface area contributed by atoms with Crippen LogP contribution in [-0.4, -0.2) is 43.3 Å². The van der Waals surface area contributed by atoms with Gasteiger partial charge in [-0.2, -0.15) is 0 Å². The first-order valence-corrected chi connectivity index (χ1v) is 6.37. The molecule has 106 valence electrons. The number of hydrogen-bond acceptors (Lipinski definition) is 4. The van der Waals surface area contributed by atoms with Crippen molar-refractivity contribution < 1.29 is 9.32 Å². The average molecular weight is 274 g/mol. The number of benzene rings is 1. The summed E-state index contributed by atoms with van der Waals surface area (Å²) < 4.78 is 5.19. The molecule has 2 rings (SSSR count). The summed E-state index contributed by atoms with van der Waals surface area (Å²) in [4.78, 5) is 13.6. The molecule has 2 N–H and O–H groups in total. The van der Waals surface area contributed by atoms with E-state index in [2.05, 4.69) is 15.8 Å². The molecule has 1 heterocycles. The Labute approximate surface area is 117 Å². The number of nitrogens with zero attached hydrogens (tertiary/aromatic N) is 2. The smallest absolute Gasteiger partial charge is 0.320 e. The maximum Gasteiger partial charge on any atom is 0.320 e. The van der Waals surface area contributed by atoms with Crippen molar-refractivity contribution in [1.82, 2.24) is 15.4 Å². The lowest BCUT2D eigenvalue weighted by molar-refractivity contribution is 0.250. The van der Waals surface area contributed by atoms with Gasteiger partial charge in [-0.1, -0.05) is 35.5 Å². The van der Waals surface area contributed by atoms with E-state index in [4.69, 9.17) is 4.52 Å². The highest BCUT2D eigenvalue weighted by Crippen LogP contribution is 2.21. The van der Waals surface area contributed by atoms with Gasteiger partial charge in [-0.15, -0.1) is 0 Å². The summed E-state index contributed by atoms with van der Waals surface area (Å²) in [5, 5.41) is 9.19. The Kier molecular flexibility index (Phi) is 4.73. The van der Waals surface area contributed by atoms with Crippen molar-refractivity contribution in [3.8, 4) is 11.3 Å². The van der Waals surface area contributed by atoms with E-state index in [1.807, 2.05) is 49.3 Å². The van der Waals surface area contributed by atoms with Crippen LogP contribution >= 0.6 is 0 Å². The van der Waals surface area contributed by atoms with Crippen molar-refractivity contribution >= 4 is 11.8 Å². The molecule has 6 nitrogen and oxygen atoms in total. The van der Waals surface area contributed by atoms with Crippen LogP contribution in [0.15, 0.2) is 40.9 Å². The van der Waals surface area contributed by atoms with Gasteiger partial charge in [-0.25, -0.2) is 4.79 Å². The fourth-order valence-corrected chi connectivity index (χ4v) is 1.63. The first-order chi connectivity index (χ1) is 9.65. The number of urea groups is 1. The van der Waals surface area contributed by atoms with Gasteiger partial charge in [0.25, 0.3) is 0 Å². The van der Waals surface area contributed by atoms with Crippen molar-refractivity contribution in [3.63, 3.8) is 0 Å². The lowest BCUT2D eigenvalue weighted by Crippen LogP contribution is -2.34. The standard InChI is InChI=1S/C14H18N4O2/c1-18(2)9-8-15-14(19)16-13-10-12(20-17-13)11-6-4-3-5-7-11/h3-7,10H,8-9H2,1-2H3,(H2,15,16,17,19). The molecular weight excluding hydrogens is 256 g/mol. The van der Waals surface area contributed by atoms with E-state index in [-0.39, 0.29) is 6.03 Å². The maximum absolute atomic E-state index is 11.6. The van der Waals surface area contributed by atoms with Crippen LogP contribution in [0, 0.1) is 0 Å². The Morgan fingerprint density at radius 1 is 1.30 bits per heavy atom. The zero-order valence-corrected chi connectivity index (χ0v) is 11.6. The molecular formula is C14H18N4O2. The van der Waals surface area contributed by atoms with Gasteiger partial charge in [-0.05, 0) is 14.1 Å². The quantitative estimate of drug-likeness (QED) is 0.875. The van der Waals surface area contributed by atoms with Gasteiger partial charge in [0.2, 0.25) is 0 Å². The zero-order chi connectivity index (χ0) is 14.4. The molecule has 0 aliphatic heterocycles. The largest absolute Gasteiger partial charge is 0.354 e. The average Bonchev–Trinajstić information content (AvgIpc) is 2.88. The van der Waals surface area contributed by atoms with E-state index >= 15 is 0 Å². The Hall–Kier alpha value is -2.34. The molecule has 1 aromatic carbocycles. The molecule has 20 heavy (non-hydrogen) atoms. The Morgan fingerprint density at radius 3 is 2.75 bits per heavy atom. The van der Waals surface area contributed by atoms with Crippen molar-refractivity contribution in [1.29, 1.82) is 0 Å². The summed E-state index contributed by atoms with van der Waals surface area (Å²) in [5.41, 5.74) is 0.918. The number of aromatic nitrogens is 1. The van der Waals surface area contributed by atoms with Crippen LogP contribution in [0.2, 0.25) is 0 Å². The lowest BCUT2D eigenvalue weighted by atomic mass is 10.2. The predicted octanol–water partition coefficient (Wildman–Crippen LogP) is 2.02. The van der Waals surface area contributed by atoms with Crippen LogP contribution in [0.4, 0.5) is 10.6 Å². The summed E-state index contributed by atoms with van der Waals surface area (Å²) in [5.74, 6) is 1.01. The van der Waals surface area contributed by atoms with Gasteiger partial charge in [0.05, 0.1) is 0 Å². The van der Waals surface area contributed by atoms with Gasteiger partial charge >= 0.3 is 6.03 Å². The number of nitrogens with one attached hydrogen (secondary N) is 2. The van der Waals surface area contributed by atoms with E-state index in [0.29, 0.717) is 18.1 Å². The number of anilines is 1. The number of likely N-dealkylation sites (N-methyl/N-ethyl adjacent to an activating group) is 1. The number of carbonyl (C=O) groups excluding carboxylic acids is 1. The molecule has 0 saturated carbocycles. The Morgan fingerprint density at radius 2 is 2.05 bits per heavy atom. The molecule has 0 radical (unpaired) electrons. The molecule has 0 unspecified atom stereocenters. The SMILES string of the molecule is CN(C)CCNC(=O)Nc1cc(-c2ccccc2)on1. The van der Waals surface area contributed by atoms with Crippen LogP contribution in [0.3, 0.4) is 0 Å². The van der Waals surface area contributed by atoms with Gasteiger partial charge in [0.1, 0.15) is 0 Å². The fraction of sp³-hybridized carbons (Fsp3) is 0.286. The van der Waals surface area contributed by atoms with Gasteiger partial charge in [0, 0.05) is 24.7 Å². The summed E-state index contributed by atoms with van der Waals surface area (Å²) in [7, 11) is 3.90. The molecule has 2 amide bonds. The minimum Gasteiger partial charge on any atom is -0.354 e. The monoisotopic (exact) mass is 274 g/mol. The Balaban J connectivity index is 1.88. The molecule has 1 aromatic heterocycles. The van der Waals surface area contributed by atoms with Crippen LogP contribution < -0.4 is 10.6 Å². The molecule has 0 aliphatic rings. The Bertz CT molecular complexity index is 551. The third-order valence-corrected chi connectivity index (χ3v) is 2.65. The van der Waals surface area contributed by atoms with Crippen LogP contribution in [0.25, 0.3) is 11.3 Å². The molecule has 2 aromatic rings. The normalized spacial score (nSPS) is 10.6. The molecule has 0 spiro atoms. The topological polar surface area (TPSA) is 70.4 Å². The van der Waals surface area contributed by atoms with Crippen LogP contribution in [-0.2, 0) is 0 Å². The van der Waals surface area contributed by atoms with Crippen LogP contribution in [0.5, 0.6) is 0 Å². The summed E-state index contributed by atoms with van der Waals surface area (Å²) in [6, 6.07) is 11.0. The fourth-order valence-electron chi connectivity index (χ4n) is 1.63. The third-order valence-electron chi connectivity index (χ3n) is 2.65. The number of hydrogen-bond donors (Lipinski definition) is 2. The molecule has 6 heteroatoms. The van der Waals surface area contributed by atoms with E-state index in [9.17, 15) is 4.79 Å². The minimum atomic E-state index is -0.292. The first kappa shape index (κ1) is 14.1. The second kappa shape index (κ2) is 6.72. The first-order valence-electron chi connectivity index (χ1n) is 6.37. The molecule has 0 fully saturated rings. The highest BCUT2D eigenvalue weighted by Gasteiger charge is 2.08. The molecule has 0 aliphatic carbocycles. The van der Waals surface area contributed by atoms with Crippen molar-refractivity contribution in [3.05, 3.63) is 36.4 Å². The minimum absolute atomic E-state index is 0.292. The van der Waals surface area contributed by atoms with Crippen LogP contribution in [0.1, 0.15) is 0 Å². The van der Waals surface area contributed by atoms with E-state index in [0.717, 1.165) is 12.1 Å². The maximum atomic E-state index is 11.6. The van der Waals surface area contributed by atoms with Gasteiger partial charge < -0.3 is 14.7 Å². The highest BCUT2D eigenvalue weighted by atomic mass is 16.5. The van der Waals surface area contributed by atoms with Gasteiger partial charge in [0.15, 0.2) is 11.6 Å². The van der Waals surface area contributed by atoms with Crippen molar-refractivity contribution in [2.75, 3.05) is 32.5 Å². The van der Waals surface area contributed by atoms with E-state index < -0.39 is 0 Å². The molecule has 0 saturated heterocycles. The van der Waals surface area contributed by atoms with Crippen molar-refractivity contribution in [2.45, 2.75) is 0 Å². The number of carbonyl (C=O) groups is 1. The lowest BCUT2D eigenvalue weighted by Gasteiger charge is -2.10. The summed E-state index contributed by atoms with van der Waals surface area (Å²) in [6.07, 6.45) is 0. The van der Waals surface area contributed by atoms with Crippen molar-refractivity contribution in [2.24, 2.45) is 0 Å². The number of rotatable bonds is 5. The summed E-state index contributed by atoms with van der Waals surface area (Å²) >= 11 is 0. The van der Waals surface area contributed by atoms with Gasteiger partial charge in [-0.3, -0.25) is 5.32 Å². The zero-order valence-electron chi connectivity index (χ0n) is 11.6. The number of amides is 2. The summed E-state index contributed by atoms with van der Waals surface area (Å²) in [6.45, 7) is 1.35. The highest BCUT2D eigenvalue weighted by molar-refractivity contribution is 5.88. The second-order valence-electron chi connectivity index (χ2n) is 4.63.